The van der Waals surface area contributed by atoms with Gasteiger partial charge in [-0.05, 0) is 30.4 Å². The summed E-state index contributed by atoms with van der Waals surface area (Å²) < 4.78 is 0. The minimum atomic E-state index is -0.110. The highest BCUT2D eigenvalue weighted by atomic mass is 15.0. The van der Waals surface area contributed by atoms with Gasteiger partial charge in [0.15, 0.2) is 0 Å². The Morgan fingerprint density at radius 3 is 1.72 bits per heavy atom. The van der Waals surface area contributed by atoms with E-state index in [-0.39, 0.29) is 5.54 Å². The van der Waals surface area contributed by atoms with Crippen molar-refractivity contribution < 1.29 is 0 Å². The second-order valence-electron chi connectivity index (χ2n) is 4.93. The van der Waals surface area contributed by atoms with Crippen LogP contribution in [0.25, 0.3) is 0 Å². The zero-order chi connectivity index (χ0) is 12.3. The molecule has 2 aromatic rings. The van der Waals surface area contributed by atoms with Gasteiger partial charge in [0, 0.05) is 6.54 Å². The SMILES string of the molecule is c1ccc(C2(c3ccccc3)CCCC[N]2)cc1. The second-order valence-corrected chi connectivity index (χ2v) is 4.93. The van der Waals surface area contributed by atoms with E-state index < -0.39 is 0 Å². The molecule has 0 aliphatic carbocycles. The molecule has 1 radical (unpaired) electrons. The third kappa shape index (κ3) is 1.95. The molecule has 18 heavy (non-hydrogen) atoms. The Morgan fingerprint density at radius 1 is 0.722 bits per heavy atom. The fourth-order valence-corrected chi connectivity index (χ4v) is 2.91. The maximum Gasteiger partial charge on any atom is 0.0854 e. The molecule has 2 aromatic carbocycles. The minimum Gasteiger partial charge on any atom is -0.226 e. The van der Waals surface area contributed by atoms with Gasteiger partial charge in [-0.25, -0.2) is 5.32 Å². The zero-order valence-corrected chi connectivity index (χ0v) is 10.5. The normalized spacial score (nSPS) is 18.4. The van der Waals surface area contributed by atoms with E-state index in [1.165, 1.54) is 24.0 Å². The van der Waals surface area contributed by atoms with Crippen molar-refractivity contribution in [2.24, 2.45) is 0 Å². The summed E-state index contributed by atoms with van der Waals surface area (Å²) in [5.74, 6) is 0. The molecule has 0 atom stereocenters. The van der Waals surface area contributed by atoms with Gasteiger partial charge < -0.3 is 0 Å². The van der Waals surface area contributed by atoms with E-state index in [0.717, 1.165) is 13.0 Å². The van der Waals surface area contributed by atoms with Crippen LogP contribution >= 0.6 is 0 Å². The Morgan fingerprint density at radius 2 is 1.28 bits per heavy atom. The van der Waals surface area contributed by atoms with Crippen LogP contribution in [0, 0.1) is 0 Å². The van der Waals surface area contributed by atoms with Gasteiger partial charge in [-0.2, -0.15) is 0 Å². The number of benzene rings is 2. The molecule has 0 unspecified atom stereocenters. The van der Waals surface area contributed by atoms with E-state index in [2.05, 4.69) is 60.7 Å². The van der Waals surface area contributed by atoms with Gasteiger partial charge in [-0.1, -0.05) is 60.7 Å². The minimum absolute atomic E-state index is 0.110. The van der Waals surface area contributed by atoms with E-state index in [0.29, 0.717) is 0 Å². The van der Waals surface area contributed by atoms with Crippen molar-refractivity contribution in [3.63, 3.8) is 0 Å². The fourth-order valence-electron chi connectivity index (χ4n) is 2.91. The highest BCUT2D eigenvalue weighted by molar-refractivity contribution is 5.38. The number of nitrogens with zero attached hydrogens (tertiary/aromatic N) is 1. The molecule has 3 rings (SSSR count). The van der Waals surface area contributed by atoms with Crippen LogP contribution in [0.5, 0.6) is 0 Å². The van der Waals surface area contributed by atoms with Crippen LogP contribution in [0.4, 0.5) is 0 Å². The molecular weight excluding hydrogens is 218 g/mol. The molecular formula is C17H18N. The van der Waals surface area contributed by atoms with E-state index >= 15 is 0 Å². The van der Waals surface area contributed by atoms with Crippen molar-refractivity contribution in [3.05, 3.63) is 71.8 Å². The van der Waals surface area contributed by atoms with Crippen LogP contribution < -0.4 is 5.32 Å². The quantitative estimate of drug-likeness (QED) is 0.754. The molecule has 1 fully saturated rings. The van der Waals surface area contributed by atoms with Crippen LogP contribution in [0.2, 0.25) is 0 Å². The van der Waals surface area contributed by atoms with Crippen LogP contribution in [0.1, 0.15) is 30.4 Å². The molecule has 1 aliphatic heterocycles. The average Bonchev–Trinajstić information content (AvgIpc) is 2.50. The van der Waals surface area contributed by atoms with Crippen molar-refractivity contribution in [1.82, 2.24) is 5.32 Å². The first-order valence-electron chi connectivity index (χ1n) is 6.71. The molecule has 0 amide bonds. The molecule has 1 heterocycles. The third-order valence-electron chi connectivity index (χ3n) is 3.83. The van der Waals surface area contributed by atoms with E-state index in [1.807, 2.05) is 0 Å². The number of hydrogen-bond acceptors (Lipinski definition) is 0. The summed E-state index contributed by atoms with van der Waals surface area (Å²) in [5.41, 5.74) is 2.55. The van der Waals surface area contributed by atoms with Gasteiger partial charge >= 0.3 is 0 Å². The number of rotatable bonds is 2. The van der Waals surface area contributed by atoms with Crippen molar-refractivity contribution in [1.29, 1.82) is 0 Å². The van der Waals surface area contributed by atoms with Gasteiger partial charge in [0.25, 0.3) is 0 Å². The van der Waals surface area contributed by atoms with Gasteiger partial charge in [0.05, 0.1) is 5.54 Å². The van der Waals surface area contributed by atoms with Crippen molar-refractivity contribution >= 4 is 0 Å². The lowest BCUT2D eigenvalue weighted by Gasteiger charge is -2.38. The van der Waals surface area contributed by atoms with Crippen LogP contribution in [-0.4, -0.2) is 6.54 Å². The van der Waals surface area contributed by atoms with Crippen molar-refractivity contribution in [2.75, 3.05) is 6.54 Å². The molecule has 1 aliphatic rings. The van der Waals surface area contributed by atoms with Crippen molar-refractivity contribution in [2.45, 2.75) is 24.8 Å². The second kappa shape index (κ2) is 4.95. The summed E-state index contributed by atoms with van der Waals surface area (Å²) in [7, 11) is 0. The Hall–Kier alpha value is -1.60. The lowest BCUT2D eigenvalue weighted by molar-refractivity contribution is 0.302. The van der Waals surface area contributed by atoms with Crippen LogP contribution in [0.3, 0.4) is 0 Å². The lowest BCUT2D eigenvalue weighted by atomic mass is 9.77. The van der Waals surface area contributed by atoms with Gasteiger partial charge in [-0.3, -0.25) is 0 Å². The fraction of sp³-hybridized carbons (Fsp3) is 0.294. The summed E-state index contributed by atoms with van der Waals surface area (Å²) >= 11 is 0. The summed E-state index contributed by atoms with van der Waals surface area (Å²) in [4.78, 5) is 0. The summed E-state index contributed by atoms with van der Waals surface area (Å²) in [6.07, 6.45) is 3.61. The van der Waals surface area contributed by atoms with Gasteiger partial charge in [0.1, 0.15) is 0 Å². The highest BCUT2D eigenvalue weighted by Crippen LogP contribution is 2.37. The third-order valence-corrected chi connectivity index (χ3v) is 3.83. The Balaban J connectivity index is 2.10. The monoisotopic (exact) mass is 236 g/mol. The first-order valence-corrected chi connectivity index (χ1v) is 6.71. The van der Waals surface area contributed by atoms with E-state index in [9.17, 15) is 0 Å². The Labute approximate surface area is 109 Å². The predicted octanol–water partition coefficient (Wildman–Crippen LogP) is 3.72. The number of piperidine rings is 1. The standard InChI is InChI=1S/C17H18N/c1-3-9-15(10-4-1)17(13-7-8-14-18-17)16-11-5-2-6-12-16/h1-6,9-12H,7-8,13-14H2. The predicted molar refractivity (Wildman–Crippen MR) is 74.5 cm³/mol. The first-order chi connectivity index (χ1) is 8.92. The maximum absolute atomic E-state index is 5.00. The van der Waals surface area contributed by atoms with Crippen LogP contribution in [-0.2, 0) is 5.54 Å². The van der Waals surface area contributed by atoms with E-state index in [4.69, 9.17) is 5.32 Å². The zero-order valence-electron chi connectivity index (χ0n) is 10.5. The molecule has 0 saturated carbocycles. The largest absolute Gasteiger partial charge is 0.226 e. The molecule has 1 nitrogen and oxygen atoms in total. The molecule has 0 N–H and O–H groups in total. The van der Waals surface area contributed by atoms with Crippen LogP contribution in [0.15, 0.2) is 60.7 Å². The van der Waals surface area contributed by atoms with Gasteiger partial charge in [0.2, 0.25) is 0 Å². The number of hydrogen-bond donors (Lipinski definition) is 0. The highest BCUT2D eigenvalue weighted by Gasteiger charge is 2.36. The first kappa shape index (κ1) is 11.5. The maximum atomic E-state index is 5.00. The Bertz CT molecular complexity index is 442. The average molecular weight is 236 g/mol. The molecule has 0 spiro atoms. The summed E-state index contributed by atoms with van der Waals surface area (Å²) in [6.45, 7) is 0.976. The van der Waals surface area contributed by atoms with Crippen molar-refractivity contribution in [3.8, 4) is 0 Å². The van der Waals surface area contributed by atoms with E-state index in [1.54, 1.807) is 0 Å². The Kier molecular flexibility index (Phi) is 3.16. The molecule has 91 valence electrons. The topological polar surface area (TPSA) is 14.1 Å². The summed E-state index contributed by atoms with van der Waals surface area (Å²) in [6, 6.07) is 21.5. The molecule has 1 heteroatoms. The smallest absolute Gasteiger partial charge is 0.0854 e. The molecule has 1 saturated heterocycles. The summed E-state index contributed by atoms with van der Waals surface area (Å²) in [5, 5.41) is 5.00. The lowest BCUT2D eigenvalue weighted by Crippen LogP contribution is -2.41. The van der Waals surface area contributed by atoms with Gasteiger partial charge in [-0.15, -0.1) is 0 Å². The molecule has 0 bridgehead atoms. The molecule has 0 aromatic heterocycles.